The van der Waals surface area contributed by atoms with Gasteiger partial charge in [-0.3, -0.25) is 4.79 Å². The summed E-state index contributed by atoms with van der Waals surface area (Å²) in [6, 6.07) is 5.05. The number of amides is 1. The summed E-state index contributed by atoms with van der Waals surface area (Å²) in [5, 5.41) is 6.61. The van der Waals surface area contributed by atoms with Crippen LogP contribution in [0.1, 0.15) is 42.6 Å². The van der Waals surface area contributed by atoms with Crippen molar-refractivity contribution in [2.24, 2.45) is 0 Å². The molecule has 0 aromatic carbocycles. The molecule has 128 valence electrons. The van der Waals surface area contributed by atoms with Gasteiger partial charge in [-0.1, -0.05) is 11.6 Å². The van der Waals surface area contributed by atoms with Crippen molar-refractivity contribution in [1.82, 2.24) is 10.5 Å². The first-order chi connectivity index (χ1) is 11.7. The van der Waals surface area contributed by atoms with Crippen LogP contribution in [0.15, 0.2) is 33.4 Å². The standard InChI is InChI=1S/C17H20N2O5/c20-16(13-9-15(24-19-13)14-5-4-8-21-14)18-10-12-11-22-17(23-12)6-2-1-3-7-17/h4-5,8-9,12H,1-3,6-7,10-11H2,(H,18,20)/t12-/m0/s1. The zero-order valence-electron chi connectivity index (χ0n) is 13.3. The molecule has 1 saturated carbocycles. The molecule has 7 nitrogen and oxygen atoms in total. The Labute approximate surface area is 139 Å². The summed E-state index contributed by atoms with van der Waals surface area (Å²) in [5.74, 6) is 0.235. The van der Waals surface area contributed by atoms with Gasteiger partial charge in [-0.15, -0.1) is 0 Å². The summed E-state index contributed by atoms with van der Waals surface area (Å²) >= 11 is 0. The minimum atomic E-state index is -0.423. The second-order valence-corrected chi connectivity index (χ2v) is 6.29. The van der Waals surface area contributed by atoms with E-state index in [9.17, 15) is 4.79 Å². The van der Waals surface area contributed by atoms with Crippen molar-refractivity contribution >= 4 is 5.91 Å². The van der Waals surface area contributed by atoms with E-state index in [1.54, 1.807) is 18.2 Å². The first-order valence-electron chi connectivity index (χ1n) is 8.35. The molecule has 1 aliphatic heterocycles. The van der Waals surface area contributed by atoms with Gasteiger partial charge in [-0.2, -0.15) is 0 Å². The summed E-state index contributed by atoms with van der Waals surface area (Å²) in [4.78, 5) is 12.2. The fraction of sp³-hybridized carbons (Fsp3) is 0.529. The molecular weight excluding hydrogens is 312 g/mol. The van der Waals surface area contributed by atoms with Crippen molar-refractivity contribution in [3.8, 4) is 11.5 Å². The van der Waals surface area contributed by atoms with Gasteiger partial charge >= 0.3 is 0 Å². The Bertz CT molecular complexity index is 688. The number of rotatable bonds is 4. The molecule has 4 rings (SSSR count). The average molecular weight is 332 g/mol. The smallest absolute Gasteiger partial charge is 0.273 e. The maximum atomic E-state index is 12.2. The molecule has 1 atom stereocenters. The first-order valence-corrected chi connectivity index (χ1v) is 8.35. The van der Waals surface area contributed by atoms with Crippen LogP contribution in [0.25, 0.3) is 11.5 Å². The number of furan rings is 1. The topological polar surface area (TPSA) is 86.7 Å². The lowest BCUT2D eigenvalue weighted by molar-refractivity contribution is -0.186. The first kappa shape index (κ1) is 15.4. The third-order valence-electron chi connectivity index (χ3n) is 4.53. The number of nitrogens with one attached hydrogen (secondary N) is 1. The van der Waals surface area contributed by atoms with Crippen molar-refractivity contribution in [2.75, 3.05) is 13.2 Å². The minimum Gasteiger partial charge on any atom is -0.461 e. The molecule has 3 heterocycles. The van der Waals surface area contributed by atoms with Crippen LogP contribution >= 0.6 is 0 Å². The van der Waals surface area contributed by atoms with E-state index < -0.39 is 5.79 Å². The molecule has 0 unspecified atom stereocenters. The fourth-order valence-corrected chi connectivity index (χ4v) is 3.28. The monoisotopic (exact) mass is 332 g/mol. The molecule has 2 aliphatic rings. The largest absolute Gasteiger partial charge is 0.461 e. The van der Waals surface area contributed by atoms with E-state index in [0.717, 1.165) is 25.7 Å². The summed E-state index contributed by atoms with van der Waals surface area (Å²) in [7, 11) is 0. The molecule has 2 aromatic rings. The lowest BCUT2D eigenvalue weighted by Gasteiger charge is -2.31. The molecule has 0 radical (unpaired) electrons. The van der Waals surface area contributed by atoms with Crippen LogP contribution in [0.2, 0.25) is 0 Å². The van der Waals surface area contributed by atoms with Crippen LogP contribution in [0.3, 0.4) is 0 Å². The number of carbonyl (C=O) groups is 1. The molecule has 1 N–H and O–H groups in total. The van der Waals surface area contributed by atoms with Crippen LogP contribution in [0.4, 0.5) is 0 Å². The van der Waals surface area contributed by atoms with Gasteiger partial charge in [0.15, 0.2) is 17.2 Å². The van der Waals surface area contributed by atoms with Gasteiger partial charge < -0.3 is 23.7 Å². The van der Waals surface area contributed by atoms with E-state index in [1.165, 1.54) is 12.7 Å². The van der Waals surface area contributed by atoms with Crippen LogP contribution in [-0.4, -0.2) is 36.1 Å². The zero-order chi connectivity index (χ0) is 16.4. The quantitative estimate of drug-likeness (QED) is 0.926. The van der Waals surface area contributed by atoms with Gasteiger partial charge in [-0.05, 0) is 25.0 Å². The van der Waals surface area contributed by atoms with Gasteiger partial charge in [0.25, 0.3) is 5.91 Å². The summed E-state index contributed by atoms with van der Waals surface area (Å²) in [6.45, 7) is 0.903. The number of hydrogen-bond donors (Lipinski definition) is 1. The second kappa shape index (κ2) is 6.41. The molecule has 24 heavy (non-hydrogen) atoms. The molecule has 7 heteroatoms. The van der Waals surface area contributed by atoms with Crippen molar-refractivity contribution < 1.29 is 23.2 Å². The Hall–Kier alpha value is -2.12. The molecule has 2 fully saturated rings. The summed E-state index contributed by atoms with van der Waals surface area (Å²) < 4.78 is 22.3. The number of ether oxygens (including phenoxy) is 2. The van der Waals surface area contributed by atoms with E-state index in [0.29, 0.717) is 24.7 Å². The Kier molecular flexibility index (Phi) is 4.12. The van der Waals surface area contributed by atoms with Crippen LogP contribution in [0, 0.1) is 0 Å². The Morgan fingerprint density at radius 2 is 2.17 bits per heavy atom. The SMILES string of the molecule is O=C(NC[C@H]1COC2(CCCCC2)O1)c1cc(-c2ccco2)on1. The highest BCUT2D eigenvalue weighted by atomic mass is 16.7. The predicted molar refractivity (Wildman–Crippen MR) is 83.2 cm³/mol. The van der Waals surface area contributed by atoms with E-state index in [1.807, 2.05) is 0 Å². The van der Waals surface area contributed by atoms with Crippen molar-refractivity contribution in [3.63, 3.8) is 0 Å². The van der Waals surface area contributed by atoms with Gasteiger partial charge in [0.1, 0.15) is 6.10 Å². The second-order valence-electron chi connectivity index (χ2n) is 6.29. The molecule has 0 bridgehead atoms. The number of carbonyl (C=O) groups excluding carboxylic acids is 1. The lowest BCUT2D eigenvalue weighted by atomic mass is 9.94. The van der Waals surface area contributed by atoms with Gasteiger partial charge in [0, 0.05) is 25.5 Å². The number of nitrogens with zero attached hydrogens (tertiary/aromatic N) is 1. The highest BCUT2D eigenvalue weighted by Gasteiger charge is 2.42. The number of aromatic nitrogens is 1. The van der Waals surface area contributed by atoms with Crippen molar-refractivity contribution in [3.05, 3.63) is 30.2 Å². The summed E-state index contributed by atoms with van der Waals surface area (Å²) in [6.07, 6.45) is 6.79. The van der Waals surface area contributed by atoms with E-state index in [2.05, 4.69) is 10.5 Å². The zero-order valence-corrected chi connectivity index (χ0v) is 13.3. The Morgan fingerprint density at radius 3 is 2.96 bits per heavy atom. The highest BCUT2D eigenvalue weighted by Crippen LogP contribution is 2.37. The molecule has 1 spiro atoms. The van der Waals surface area contributed by atoms with E-state index >= 15 is 0 Å². The van der Waals surface area contributed by atoms with E-state index in [4.69, 9.17) is 18.4 Å². The van der Waals surface area contributed by atoms with Crippen LogP contribution < -0.4 is 5.32 Å². The van der Waals surface area contributed by atoms with Gasteiger partial charge in [0.2, 0.25) is 5.76 Å². The van der Waals surface area contributed by atoms with E-state index in [-0.39, 0.29) is 17.7 Å². The average Bonchev–Trinajstić information content (AvgIpc) is 3.34. The molecule has 1 amide bonds. The maximum Gasteiger partial charge on any atom is 0.273 e. The van der Waals surface area contributed by atoms with Gasteiger partial charge in [0.05, 0.1) is 12.9 Å². The fourth-order valence-electron chi connectivity index (χ4n) is 3.28. The third-order valence-corrected chi connectivity index (χ3v) is 4.53. The minimum absolute atomic E-state index is 0.122. The maximum absolute atomic E-state index is 12.2. The third kappa shape index (κ3) is 3.09. The van der Waals surface area contributed by atoms with Crippen molar-refractivity contribution in [2.45, 2.75) is 44.0 Å². The molecule has 1 aliphatic carbocycles. The Morgan fingerprint density at radius 1 is 1.29 bits per heavy atom. The molecule has 2 aromatic heterocycles. The summed E-state index contributed by atoms with van der Waals surface area (Å²) in [5.41, 5.74) is 0.215. The Balaban J connectivity index is 1.31. The van der Waals surface area contributed by atoms with Gasteiger partial charge in [-0.25, -0.2) is 0 Å². The lowest BCUT2D eigenvalue weighted by Crippen LogP contribution is -2.37. The molecular formula is C17H20N2O5. The normalized spacial score (nSPS) is 22.8. The number of hydrogen-bond acceptors (Lipinski definition) is 6. The van der Waals surface area contributed by atoms with Crippen LogP contribution in [0.5, 0.6) is 0 Å². The van der Waals surface area contributed by atoms with Crippen molar-refractivity contribution in [1.29, 1.82) is 0 Å². The molecule has 1 saturated heterocycles. The van der Waals surface area contributed by atoms with Crippen LogP contribution in [-0.2, 0) is 9.47 Å². The predicted octanol–water partition coefficient (Wildman–Crippen LogP) is 2.74. The highest BCUT2D eigenvalue weighted by molar-refractivity contribution is 5.92.